The summed E-state index contributed by atoms with van der Waals surface area (Å²) >= 11 is 0. The Balaban J connectivity index is 5.55. The van der Waals surface area contributed by atoms with Crippen LogP contribution in [-0.4, -0.2) is 56.9 Å². The Morgan fingerprint density at radius 2 is 1.31 bits per heavy atom. The van der Waals surface area contributed by atoms with Crippen molar-refractivity contribution in [2.24, 2.45) is 0 Å². The van der Waals surface area contributed by atoms with E-state index in [4.69, 9.17) is 22.2 Å². The molecule has 29 heavy (non-hydrogen) atoms. The Labute approximate surface area is 180 Å². The first kappa shape index (κ1) is 28.4. The first-order chi connectivity index (χ1) is 12.9. The number of carboxylic acids is 1. The topological polar surface area (TPSA) is 91.3 Å². The summed E-state index contributed by atoms with van der Waals surface area (Å²) in [6.45, 7) is 22.5. The zero-order valence-corrected chi connectivity index (χ0v) is 23.6. The van der Waals surface area contributed by atoms with Crippen LogP contribution in [0, 0.1) is 0 Å². The maximum absolute atomic E-state index is 11.5. The first-order valence-corrected chi connectivity index (χ1v) is 22.2. The van der Waals surface area contributed by atoms with E-state index < -0.39 is 51.8 Å². The minimum absolute atomic E-state index is 0.243. The van der Waals surface area contributed by atoms with Gasteiger partial charge < -0.3 is 22.2 Å². The van der Waals surface area contributed by atoms with Crippen molar-refractivity contribution in [2.75, 3.05) is 0 Å². The van der Waals surface area contributed by atoms with E-state index in [1.807, 2.05) is 0 Å². The van der Waals surface area contributed by atoms with Crippen LogP contribution in [0.5, 0.6) is 0 Å². The summed E-state index contributed by atoms with van der Waals surface area (Å²) in [6, 6.07) is 0.577. The maximum Gasteiger partial charge on any atom is 0.469 e. The molecule has 1 atom stereocenters. The Hall–Kier alpha value is -0.572. The number of carbonyl (C=O) groups is 2. The summed E-state index contributed by atoms with van der Waals surface area (Å²) in [5.41, 5.74) is 0. The number of aliphatic carboxylic acids is 1. The third-order valence-electron chi connectivity index (χ3n) is 3.25. The average Bonchev–Trinajstić information content (AvgIpc) is 2.40. The summed E-state index contributed by atoms with van der Waals surface area (Å²) in [6.07, 6.45) is 1.08. The number of ether oxygens (including phenoxy) is 1. The van der Waals surface area contributed by atoms with Crippen LogP contribution >= 0.6 is 0 Å². The van der Waals surface area contributed by atoms with Crippen LogP contribution in [0.1, 0.15) is 19.3 Å². The monoisotopic (exact) mass is 480 g/mol. The molecular weight excluding hydrogens is 441 g/mol. The van der Waals surface area contributed by atoms with Crippen molar-refractivity contribution in [3.8, 4) is 0 Å². The molecular formula is C18H40O7Si4. The summed E-state index contributed by atoms with van der Waals surface area (Å²) in [5.74, 6) is -1.62. The molecule has 1 unspecified atom stereocenters. The van der Waals surface area contributed by atoms with Crippen molar-refractivity contribution in [1.29, 1.82) is 0 Å². The summed E-state index contributed by atoms with van der Waals surface area (Å²) in [4.78, 5) is 22.7. The number of hydrogen-bond donors (Lipinski definition) is 1. The normalized spacial score (nSPS) is 14.4. The fourth-order valence-electron chi connectivity index (χ4n) is 2.77. The third-order valence-corrected chi connectivity index (χ3v) is 15.3. The van der Waals surface area contributed by atoms with Gasteiger partial charge in [-0.25, -0.2) is 4.79 Å². The predicted octanol–water partition coefficient (Wildman–Crippen LogP) is 4.83. The van der Waals surface area contributed by atoms with Crippen LogP contribution in [0.15, 0.2) is 12.7 Å². The molecule has 0 spiro atoms. The van der Waals surface area contributed by atoms with Crippen molar-refractivity contribution < 1.29 is 31.8 Å². The lowest BCUT2D eigenvalue weighted by Crippen LogP contribution is -2.60. The molecule has 0 rings (SSSR count). The van der Waals surface area contributed by atoms with Crippen LogP contribution in [0.2, 0.25) is 65.0 Å². The molecule has 0 aliphatic heterocycles. The van der Waals surface area contributed by atoms with Gasteiger partial charge in [-0.05, 0) is 71.8 Å². The highest BCUT2D eigenvalue weighted by Gasteiger charge is 2.49. The lowest BCUT2D eigenvalue weighted by molar-refractivity contribution is -0.148. The van der Waals surface area contributed by atoms with Gasteiger partial charge in [-0.1, -0.05) is 6.58 Å². The largest absolute Gasteiger partial charge is 0.481 e. The predicted molar refractivity (Wildman–Crippen MR) is 125 cm³/mol. The SMILES string of the molecule is C=CC(=O)OC(CCC[Si](O[Si](C)(C)C)(O[Si](C)(C)C)O[Si](C)(C)C)CC(=O)O. The lowest BCUT2D eigenvalue weighted by Gasteiger charge is -2.43. The Bertz CT molecular complexity index is 521. The molecule has 0 fully saturated rings. The summed E-state index contributed by atoms with van der Waals surface area (Å²) in [7, 11) is -8.87. The van der Waals surface area contributed by atoms with Gasteiger partial charge in [0, 0.05) is 12.1 Å². The fourth-order valence-corrected chi connectivity index (χ4v) is 17.5. The smallest absolute Gasteiger partial charge is 0.469 e. The zero-order valence-electron chi connectivity index (χ0n) is 19.6. The van der Waals surface area contributed by atoms with Gasteiger partial charge in [-0.3, -0.25) is 4.79 Å². The molecule has 0 aromatic rings. The number of hydrogen-bond acceptors (Lipinski definition) is 6. The van der Waals surface area contributed by atoms with Crippen LogP contribution < -0.4 is 0 Å². The van der Waals surface area contributed by atoms with E-state index in [2.05, 4.69) is 65.5 Å². The van der Waals surface area contributed by atoms with Crippen molar-refractivity contribution >= 4 is 45.7 Å². The Morgan fingerprint density at radius 1 is 0.897 bits per heavy atom. The average molecular weight is 481 g/mol. The van der Waals surface area contributed by atoms with Gasteiger partial charge in [0.2, 0.25) is 0 Å². The molecule has 0 saturated heterocycles. The van der Waals surface area contributed by atoms with Crippen LogP contribution in [0.4, 0.5) is 0 Å². The molecule has 0 aromatic carbocycles. The maximum atomic E-state index is 11.5. The second-order valence-corrected chi connectivity index (χ2v) is 27.1. The van der Waals surface area contributed by atoms with E-state index in [0.29, 0.717) is 18.9 Å². The van der Waals surface area contributed by atoms with Crippen molar-refractivity contribution in [2.45, 2.75) is 90.3 Å². The van der Waals surface area contributed by atoms with E-state index in [9.17, 15) is 9.59 Å². The number of carboxylic acid groups (broad SMARTS) is 1. The molecule has 0 radical (unpaired) electrons. The number of rotatable bonds is 14. The third kappa shape index (κ3) is 15.0. The molecule has 0 heterocycles. The number of esters is 1. The van der Waals surface area contributed by atoms with Crippen molar-refractivity contribution in [3.63, 3.8) is 0 Å². The van der Waals surface area contributed by atoms with Crippen LogP contribution in [0.3, 0.4) is 0 Å². The van der Waals surface area contributed by atoms with E-state index in [1.54, 1.807) is 0 Å². The van der Waals surface area contributed by atoms with E-state index in [1.165, 1.54) is 0 Å². The summed E-state index contributed by atoms with van der Waals surface area (Å²) in [5, 5.41) is 9.12. The van der Waals surface area contributed by atoms with Gasteiger partial charge in [0.25, 0.3) is 0 Å². The first-order valence-electron chi connectivity index (χ1n) is 10.0. The van der Waals surface area contributed by atoms with Crippen molar-refractivity contribution in [1.82, 2.24) is 0 Å². The highest BCUT2D eigenvalue weighted by Crippen LogP contribution is 2.31. The minimum atomic E-state index is -2.98. The second-order valence-electron chi connectivity index (χ2n) is 10.1. The standard InChI is InChI=1S/C18H40O7Si4/c1-11-18(21)22-16(15-17(19)20)13-12-14-29(23-26(2,3)4,24-27(5,6)7)25-28(8,9)10/h11,16H,1,12-15H2,2-10H3,(H,19,20). The van der Waals surface area contributed by atoms with Gasteiger partial charge in [0.05, 0.1) is 6.42 Å². The molecule has 7 nitrogen and oxygen atoms in total. The molecule has 0 saturated carbocycles. The Morgan fingerprint density at radius 3 is 1.62 bits per heavy atom. The second kappa shape index (κ2) is 11.2. The molecule has 0 bridgehead atoms. The molecule has 0 aliphatic carbocycles. The van der Waals surface area contributed by atoms with Crippen LogP contribution in [0.25, 0.3) is 0 Å². The van der Waals surface area contributed by atoms with Crippen molar-refractivity contribution in [3.05, 3.63) is 12.7 Å². The fraction of sp³-hybridized carbons (Fsp3) is 0.778. The van der Waals surface area contributed by atoms with Crippen LogP contribution in [-0.2, 0) is 26.7 Å². The van der Waals surface area contributed by atoms with Gasteiger partial charge >= 0.3 is 20.7 Å². The Kier molecular flexibility index (Phi) is 10.9. The minimum Gasteiger partial charge on any atom is -0.481 e. The van der Waals surface area contributed by atoms with Gasteiger partial charge in [0.1, 0.15) is 6.10 Å². The molecule has 0 aliphatic rings. The van der Waals surface area contributed by atoms with E-state index >= 15 is 0 Å². The lowest BCUT2D eigenvalue weighted by atomic mass is 10.1. The molecule has 170 valence electrons. The molecule has 11 heteroatoms. The van der Waals surface area contributed by atoms with Gasteiger partial charge in [0.15, 0.2) is 25.0 Å². The number of carbonyl (C=O) groups excluding carboxylic acids is 1. The molecule has 0 aromatic heterocycles. The van der Waals surface area contributed by atoms with Gasteiger partial charge in [-0.2, -0.15) is 0 Å². The summed E-state index contributed by atoms with van der Waals surface area (Å²) < 4.78 is 25.0. The van der Waals surface area contributed by atoms with E-state index in [0.717, 1.165) is 6.08 Å². The van der Waals surface area contributed by atoms with E-state index in [-0.39, 0.29) is 6.42 Å². The molecule has 0 amide bonds. The highest BCUT2D eigenvalue weighted by molar-refractivity contribution is 6.90. The highest BCUT2D eigenvalue weighted by atomic mass is 28.5. The quantitative estimate of drug-likeness (QED) is 0.216. The molecule has 1 N–H and O–H groups in total. The van der Waals surface area contributed by atoms with Gasteiger partial charge in [-0.15, -0.1) is 0 Å². The zero-order chi connectivity index (χ0) is 23.1.